The van der Waals surface area contributed by atoms with Crippen LogP contribution < -0.4 is 25.5 Å². The third-order valence-electron chi connectivity index (χ3n) is 4.89. The van der Waals surface area contributed by atoms with Gasteiger partial charge in [-0.25, -0.2) is 10.2 Å². The van der Waals surface area contributed by atoms with Crippen LogP contribution in [0.3, 0.4) is 0 Å². The van der Waals surface area contributed by atoms with Gasteiger partial charge in [-0.2, -0.15) is 5.10 Å². The van der Waals surface area contributed by atoms with E-state index in [1.165, 1.54) is 6.21 Å². The molecule has 0 fully saturated rings. The molecule has 3 rings (SSSR count). The molecule has 2 aromatic carbocycles. The third kappa shape index (κ3) is 6.10. The van der Waals surface area contributed by atoms with Crippen molar-refractivity contribution in [3.8, 4) is 11.5 Å². The number of benzene rings is 2. The SMILES string of the molecule is CCOC(=O)C1=C(C)NC(=S)N[C@@H]1c1ccccc1OCC(=O)NN=Cc1ccccc1OC. The molecule has 3 N–H and O–H groups in total. The van der Waals surface area contributed by atoms with Gasteiger partial charge in [0.15, 0.2) is 11.7 Å². The number of nitrogens with one attached hydrogen (secondary N) is 3. The van der Waals surface area contributed by atoms with Crippen molar-refractivity contribution in [2.75, 3.05) is 20.3 Å². The highest BCUT2D eigenvalue weighted by Gasteiger charge is 2.32. The molecule has 0 spiro atoms. The molecule has 1 aliphatic rings. The fourth-order valence-electron chi connectivity index (χ4n) is 3.38. The number of amides is 1. The van der Waals surface area contributed by atoms with Crippen LogP contribution in [0.5, 0.6) is 11.5 Å². The van der Waals surface area contributed by atoms with Gasteiger partial charge in [-0.3, -0.25) is 4.79 Å². The molecule has 0 unspecified atom stereocenters. The molecule has 1 amide bonds. The normalized spacial score (nSPS) is 15.4. The molecule has 1 atom stereocenters. The Kier molecular flexibility index (Phi) is 8.58. The molecule has 0 radical (unpaired) electrons. The zero-order valence-corrected chi connectivity index (χ0v) is 19.9. The average Bonchev–Trinajstić information content (AvgIpc) is 2.83. The van der Waals surface area contributed by atoms with E-state index in [-0.39, 0.29) is 13.2 Å². The first-order valence-corrected chi connectivity index (χ1v) is 11.0. The highest BCUT2D eigenvalue weighted by Crippen LogP contribution is 2.33. The van der Waals surface area contributed by atoms with E-state index in [1.807, 2.05) is 24.3 Å². The van der Waals surface area contributed by atoms with Crippen LogP contribution in [0.1, 0.15) is 31.0 Å². The number of rotatable bonds is 9. The maximum atomic E-state index is 12.6. The summed E-state index contributed by atoms with van der Waals surface area (Å²) in [5.74, 6) is 0.139. The Morgan fingerprint density at radius 2 is 1.85 bits per heavy atom. The number of para-hydroxylation sites is 2. The second kappa shape index (κ2) is 11.8. The fourth-order valence-corrected chi connectivity index (χ4v) is 3.65. The van der Waals surface area contributed by atoms with Crippen molar-refractivity contribution < 1.29 is 23.8 Å². The van der Waals surface area contributed by atoms with Gasteiger partial charge < -0.3 is 24.8 Å². The Hall–Kier alpha value is -3.92. The number of nitrogens with zero attached hydrogens (tertiary/aromatic N) is 1. The van der Waals surface area contributed by atoms with Gasteiger partial charge in [-0.05, 0) is 44.3 Å². The Labute approximate surface area is 203 Å². The molecule has 0 bridgehead atoms. The van der Waals surface area contributed by atoms with E-state index in [1.54, 1.807) is 45.2 Å². The van der Waals surface area contributed by atoms with E-state index in [2.05, 4.69) is 21.2 Å². The summed E-state index contributed by atoms with van der Waals surface area (Å²) in [7, 11) is 1.56. The number of carbonyl (C=O) groups excluding carboxylic acids is 2. The monoisotopic (exact) mass is 482 g/mol. The van der Waals surface area contributed by atoms with Gasteiger partial charge in [0.2, 0.25) is 0 Å². The Morgan fingerprint density at radius 1 is 1.15 bits per heavy atom. The van der Waals surface area contributed by atoms with Crippen LogP contribution in [-0.2, 0) is 14.3 Å². The molecule has 0 aliphatic carbocycles. The zero-order chi connectivity index (χ0) is 24.5. The number of hydrogen-bond acceptors (Lipinski definition) is 7. The van der Waals surface area contributed by atoms with Crippen molar-refractivity contribution in [2.45, 2.75) is 19.9 Å². The molecular formula is C24H26N4O5S. The number of esters is 1. The number of hydrazone groups is 1. The molecule has 34 heavy (non-hydrogen) atoms. The summed E-state index contributed by atoms with van der Waals surface area (Å²) in [6, 6.07) is 13.8. The maximum Gasteiger partial charge on any atom is 0.338 e. The van der Waals surface area contributed by atoms with Crippen molar-refractivity contribution in [2.24, 2.45) is 5.10 Å². The first-order valence-electron chi connectivity index (χ1n) is 10.6. The number of thiocarbonyl (C=S) groups is 1. The minimum absolute atomic E-state index is 0.237. The molecule has 10 heteroatoms. The number of carbonyl (C=O) groups is 2. The minimum Gasteiger partial charge on any atom is -0.496 e. The number of allylic oxidation sites excluding steroid dienone is 1. The van der Waals surface area contributed by atoms with Crippen molar-refractivity contribution >= 4 is 35.4 Å². The van der Waals surface area contributed by atoms with Gasteiger partial charge in [0.25, 0.3) is 5.91 Å². The molecule has 178 valence electrons. The fraction of sp³-hybridized carbons (Fsp3) is 0.250. The van der Waals surface area contributed by atoms with Gasteiger partial charge >= 0.3 is 5.97 Å². The first kappa shape index (κ1) is 24.7. The summed E-state index contributed by atoms with van der Waals surface area (Å²) in [6.45, 7) is 3.44. The quantitative estimate of drug-likeness (QED) is 0.217. The molecular weight excluding hydrogens is 456 g/mol. The van der Waals surface area contributed by atoms with Gasteiger partial charge in [-0.1, -0.05) is 30.3 Å². The van der Waals surface area contributed by atoms with Crippen LogP contribution in [0.25, 0.3) is 0 Å². The Balaban J connectivity index is 1.72. The summed E-state index contributed by atoms with van der Waals surface area (Å²) in [5.41, 5.74) is 4.76. The van der Waals surface area contributed by atoms with Gasteiger partial charge in [-0.15, -0.1) is 0 Å². The van der Waals surface area contributed by atoms with E-state index in [0.29, 0.717) is 33.4 Å². The molecule has 2 aromatic rings. The smallest absolute Gasteiger partial charge is 0.338 e. The summed E-state index contributed by atoms with van der Waals surface area (Å²) in [5, 5.41) is 10.4. The van der Waals surface area contributed by atoms with E-state index in [9.17, 15) is 9.59 Å². The number of ether oxygens (including phenoxy) is 3. The van der Waals surface area contributed by atoms with Crippen LogP contribution in [0.4, 0.5) is 0 Å². The molecule has 9 nitrogen and oxygen atoms in total. The highest BCUT2D eigenvalue weighted by atomic mass is 32.1. The largest absolute Gasteiger partial charge is 0.496 e. The lowest BCUT2D eigenvalue weighted by atomic mass is 9.95. The van der Waals surface area contributed by atoms with Crippen LogP contribution in [0.2, 0.25) is 0 Å². The lowest BCUT2D eigenvalue weighted by molar-refractivity contribution is -0.139. The predicted molar refractivity (Wildman–Crippen MR) is 132 cm³/mol. The summed E-state index contributed by atoms with van der Waals surface area (Å²) >= 11 is 5.28. The molecule has 1 heterocycles. The van der Waals surface area contributed by atoms with Crippen LogP contribution >= 0.6 is 12.2 Å². The van der Waals surface area contributed by atoms with Gasteiger partial charge in [0.1, 0.15) is 11.5 Å². The number of hydrogen-bond donors (Lipinski definition) is 3. The molecule has 1 aliphatic heterocycles. The summed E-state index contributed by atoms with van der Waals surface area (Å²) in [4.78, 5) is 24.9. The average molecular weight is 483 g/mol. The first-order chi connectivity index (χ1) is 16.4. The topological polar surface area (TPSA) is 110 Å². The van der Waals surface area contributed by atoms with Crippen LogP contribution in [-0.4, -0.2) is 43.5 Å². The maximum absolute atomic E-state index is 12.6. The lowest BCUT2D eigenvalue weighted by Crippen LogP contribution is -2.45. The van der Waals surface area contributed by atoms with E-state index >= 15 is 0 Å². The molecule has 0 saturated carbocycles. The second-order valence-corrected chi connectivity index (χ2v) is 7.56. The van der Waals surface area contributed by atoms with E-state index < -0.39 is 17.9 Å². The van der Waals surface area contributed by atoms with Crippen LogP contribution in [0, 0.1) is 0 Å². The number of methoxy groups -OCH3 is 1. The van der Waals surface area contributed by atoms with Crippen molar-refractivity contribution in [1.82, 2.24) is 16.1 Å². The molecule has 0 saturated heterocycles. The van der Waals surface area contributed by atoms with E-state index in [0.717, 1.165) is 5.56 Å². The lowest BCUT2D eigenvalue weighted by Gasteiger charge is -2.30. The van der Waals surface area contributed by atoms with Gasteiger partial charge in [0, 0.05) is 16.8 Å². The third-order valence-corrected chi connectivity index (χ3v) is 5.10. The Bertz CT molecular complexity index is 1130. The van der Waals surface area contributed by atoms with E-state index in [4.69, 9.17) is 26.4 Å². The Morgan fingerprint density at radius 3 is 2.59 bits per heavy atom. The van der Waals surface area contributed by atoms with Crippen LogP contribution in [0.15, 0.2) is 64.9 Å². The van der Waals surface area contributed by atoms with Crippen molar-refractivity contribution in [3.63, 3.8) is 0 Å². The zero-order valence-electron chi connectivity index (χ0n) is 19.1. The van der Waals surface area contributed by atoms with Crippen molar-refractivity contribution in [3.05, 3.63) is 70.9 Å². The molecule has 0 aromatic heterocycles. The van der Waals surface area contributed by atoms with Gasteiger partial charge in [0.05, 0.1) is 31.5 Å². The second-order valence-electron chi connectivity index (χ2n) is 7.15. The van der Waals surface area contributed by atoms with Crippen molar-refractivity contribution in [1.29, 1.82) is 0 Å². The highest BCUT2D eigenvalue weighted by molar-refractivity contribution is 7.80. The summed E-state index contributed by atoms with van der Waals surface area (Å²) in [6.07, 6.45) is 1.49. The standard InChI is InChI=1S/C24H26N4O5S/c1-4-32-23(30)21-15(2)26-24(34)27-22(21)17-10-6-8-12-19(17)33-14-20(29)28-25-13-16-9-5-7-11-18(16)31-3/h5-13,22H,4,14H2,1-3H3,(H,28,29)(H2,26,27,34)/t22-/m1/s1. The minimum atomic E-state index is -0.601. The summed E-state index contributed by atoms with van der Waals surface area (Å²) < 4.78 is 16.2. The predicted octanol–water partition coefficient (Wildman–Crippen LogP) is 2.58.